The van der Waals surface area contributed by atoms with E-state index in [1.807, 2.05) is 15.6 Å². The van der Waals surface area contributed by atoms with Crippen molar-refractivity contribution >= 4 is 33.7 Å². The van der Waals surface area contributed by atoms with E-state index >= 15 is 0 Å². The molecular weight excluding hydrogens is 530 g/mol. The van der Waals surface area contributed by atoms with Crippen LogP contribution in [0.15, 0.2) is 22.9 Å². The molecule has 0 bridgehead atoms. The summed E-state index contributed by atoms with van der Waals surface area (Å²) in [6, 6.07) is 4.27. The van der Waals surface area contributed by atoms with E-state index in [1.165, 1.54) is 57.8 Å². The van der Waals surface area contributed by atoms with Crippen molar-refractivity contribution in [3.8, 4) is 43.9 Å². The van der Waals surface area contributed by atoms with Crippen LogP contribution in [0.1, 0.15) is 71.1 Å². The van der Waals surface area contributed by atoms with E-state index in [-0.39, 0.29) is 0 Å². The van der Waals surface area contributed by atoms with Gasteiger partial charge in [-0.15, -0.1) is 22.7 Å². The fourth-order valence-corrected chi connectivity index (χ4v) is 7.26. The van der Waals surface area contributed by atoms with Gasteiger partial charge in [-0.05, 0) is 6.42 Å². The predicted octanol–water partition coefficient (Wildman–Crippen LogP) is 8.35. The van der Waals surface area contributed by atoms with Crippen LogP contribution in [0.2, 0.25) is 0 Å². The molecular formula is C30H37N3O4S2. The minimum atomic E-state index is 0.558. The molecule has 0 unspecified atom stereocenters. The zero-order valence-corrected chi connectivity index (χ0v) is 24.3. The first-order chi connectivity index (χ1) is 19.3. The van der Waals surface area contributed by atoms with Gasteiger partial charge in [0.2, 0.25) is 0 Å². The maximum absolute atomic E-state index is 6.02. The molecule has 2 aliphatic rings. The van der Waals surface area contributed by atoms with Crippen LogP contribution in [0.4, 0.5) is 0 Å². The van der Waals surface area contributed by atoms with Crippen LogP contribution in [0.5, 0.6) is 23.0 Å². The summed E-state index contributed by atoms with van der Waals surface area (Å²) in [5.74, 6) is 3.26. The lowest BCUT2D eigenvalue weighted by atomic mass is 10.0. The molecule has 0 atom stereocenters. The van der Waals surface area contributed by atoms with Crippen LogP contribution in [0, 0.1) is 0 Å². The topological polar surface area (TPSA) is 67.6 Å². The Labute approximate surface area is 238 Å². The fourth-order valence-electron chi connectivity index (χ4n) is 5.34. The first kappa shape index (κ1) is 26.4. The molecule has 0 spiro atoms. The van der Waals surface area contributed by atoms with Crippen molar-refractivity contribution in [2.75, 3.05) is 26.4 Å². The van der Waals surface area contributed by atoms with Crippen LogP contribution in [0.3, 0.4) is 0 Å². The average Bonchev–Trinajstić information content (AvgIpc) is 3.70. The molecule has 0 radical (unpaired) electrons. The number of ether oxygens (including phenoxy) is 4. The molecule has 0 saturated carbocycles. The highest BCUT2D eigenvalue weighted by atomic mass is 32.1. The second-order valence-corrected chi connectivity index (χ2v) is 12.0. The quantitative estimate of drug-likeness (QED) is 0.151. The van der Waals surface area contributed by atoms with Crippen molar-refractivity contribution < 1.29 is 18.9 Å². The van der Waals surface area contributed by atoms with Gasteiger partial charge in [0.1, 0.15) is 37.5 Å². The highest BCUT2D eigenvalue weighted by Gasteiger charge is 2.26. The minimum Gasteiger partial charge on any atom is -0.485 e. The third-order valence-corrected chi connectivity index (χ3v) is 9.33. The van der Waals surface area contributed by atoms with Crippen molar-refractivity contribution in [3.63, 3.8) is 0 Å². The molecule has 5 heterocycles. The van der Waals surface area contributed by atoms with Gasteiger partial charge in [0, 0.05) is 21.9 Å². The number of unbranched alkanes of at least 4 members (excludes halogenated alkanes) is 9. The van der Waals surface area contributed by atoms with Crippen LogP contribution >= 0.6 is 22.7 Å². The zero-order valence-electron chi connectivity index (χ0n) is 22.7. The van der Waals surface area contributed by atoms with Crippen LogP contribution in [-0.2, 0) is 6.54 Å². The average molecular weight is 568 g/mol. The maximum Gasteiger partial charge on any atom is 0.180 e. The van der Waals surface area contributed by atoms with Crippen molar-refractivity contribution in [2.45, 2.75) is 77.7 Å². The summed E-state index contributed by atoms with van der Waals surface area (Å²) in [4.78, 5) is 3.97. The van der Waals surface area contributed by atoms with E-state index in [4.69, 9.17) is 29.1 Å². The van der Waals surface area contributed by atoms with E-state index in [9.17, 15) is 0 Å². The molecule has 0 saturated heterocycles. The van der Waals surface area contributed by atoms with Gasteiger partial charge in [0.15, 0.2) is 23.0 Å². The second kappa shape index (κ2) is 12.6. The SMILES string of the molecule is CCCCCCCCCCCCn1nc2c(-c3scc4c3OCCO4)ccc(-c3scc4c3OCCO4)c2n1. The van der Waals surface area contributed by atoms with Crippen molar-refractivity contribution in [3.05, 3.63) is 22.9 Å². The summed E-state index contributed by atoms with van der Waals surface area (Å²) in [5.41, 5.74) is 3.83. The molecule has 1 aromatic carbocycles. The lowest BCUT2D eigenvalue weighted by Gasteiger charge is -2.17. The second-order valence-electron chi connectivity index (χ2n) is 10.2. The number of thiophene rings is 2. The maximum atomic E-state index is 6.02. The third-order valence-electron chi connectivity index (χ3n) is 7.39. The normalized spacial score (nSPS) is 14.3. The smallest absolute Gasteiger partial charge is 0.180 e. The summed E-state index contributed by atoms with van der Waals surface area (Å²) >= 11 is 3.27. The molecule has 7 nitrogen and oxygen atoms in total. The Kier molecular flexibility index (Phi) is 8.54. The van der Waals surface area contributed by atoms with Crippen molar-refractivity contribution in [1.29, 1.82) is 0 Å². The van der Waals surface area contributed by atoms with Gasteiger partial charge < -0.3 is 18.9 Å². The molecule has 9 heteroatoms. The monoisotopic (exact) mass is 567 g/mol. The van der Waals surface area contributed by atoms with Crippen molar-refractivity contribution in [1.82, 2.24) is 15.0 Å². The molecule has 0 amide bonds. The first-order valence-electron chi connectivity index (χ1n) is 14.5. The highest BCUT2D eigenvalue weighted by molar-refractivity contribution is 7.15. The van der Waals surface area contributed by atoms with Gasteiger partial charge in [-0.3, -0.25) is 0 Å². The van der Waals surface area contributed by atoms with Crippen molar-refractivity contribution in [2.24, 2.45) is 0 Å². The Morgan fingerprint density at radius 2 is 1.10 bits per heavy atom. The molecule has 0 N–H and O–H groups in total. The summed E-state index contributed by atoms with van der Waals surface area (Å²) in [5, 5.41) is 14.1. The number of benzene rings is 1. The molecule has 2 aliphatic heterocycles. The van der Waals surface area contributed by atoms with Crippen LogP contribution < -0.4 is 18.9 Å². The van der Waals surface area contributed by atoms with E-state index in [0.717, 1.165) is 67.9 Å². The first-order valence-corrected chi connectivity index (χ1v) is 16.2. The Hall–Kier alpha value is -2.78. The summed E-state index contributed by atoms with van der Waals surface area (Å²) in [6.07, 6.45) is 13.1. The van der Waals surface area contributed by atoms with E-state index in [1.54, 1.807) is 22.7 Å². The van der Waals surface area contributed by atoms with Gasteiger partial charge in [-0.25, -0.2) is 0 Å². The Morgan fingerprint density at radius 3 is 1.62 bits per heavy atom. The zero-order chi connectivity index (χ0) is 26.4. The minimum absolute atomic E-state index is 0.558. The Bertz CT molecular complexity index is 1300. The van der Waals surface area contributed by atoms with Crippen LogP contribution in [-0.4, -0.2) is 41.4 Å². The molecule has 0 fully saturated rings. The van der Waals surface area contributed by atoms with E-state index < -0.39 is 0 Å². The number of hydrogen-bond donors (Lipinski definition) is 0. The number of aromatic nitrogens is 3. The highest BCUT2D eigenvalue weighted by Crippen LogP contribution is 2.50. The number of hydrogen-bond acceptors (Lipinski definition) is 8. The van der Waals surface area contributed by atoms with E-state index in [0.29, 0.717) is 26.4 Å². The predicted molar refractivity (Wildman–Crippen MR) is 158 cm³/mol. The fraction of sp³-hybridized carbons (Fsp3) is 0.533. The van der Waals surface area contributed by atoms with Crippen LogP contribution in [0.25, 0.3) is 31.9 Å². The molecule has 39 heavy (non-hydrogen) atoms. The molecule has 6 rings (SSSR count). The lowest BCUT2D eigenvalue weighted by molar-refractivity contribution is 0.174. The number of aryl methyl sites for hydroxylation is 1. The number of nitrogens with zero attached hydrogens (tertiary/aromatic N) is 3. The van der Waals surface area contributed by atoms with Gasteiger partial charge in [-0.2, -0.15) is 15.0 Å². The molecule has 3 aromatic heterocycles. The van der Waals surface area contributed by atoms with Gasteiger partial charge >= 0.3 is 0 Å². The summed E-state index contributed by atoms with van der Waals surface area (Å²) < 4.78 is 23.7. The Balaban J connectivity index is 1.22. The standard InChI is InChI=1S/C30H37N3O4S2/c1-2-3-4-5-6-7-8-9-10-11-14-33-31-25-21(29-27-23(19-38-29)34-15-17-36-27)12-13-22(26(25)32-33)30-28-24(20-39-30)35-16-18-37-28/h12-13,19-20H,2-11,14-18H2,1H3. The largest absolute Gasteiger partial charge is 0.485 e. The number of fused-ring (bicyclic) bond motifs is 3. The lowest BCUT2D eigenvalue weighted by Crippen LogP contribution is -2.14. The summed E-state index contributed by atoms with van der Waals surface area (Å²) in [6.45, 7) is 5.37. The Morgan fingerprint density at radius 1 is 0.641 bits per heavy atom. The van der Waals surface area contributed by atoms with Gasteiger partial charge in [0.25, 0.3) is 0 Å². The van der Waals surface area contributed by atoms with Gasteiger partial charge in [0.05, 0.1) is 16.3 Å². The van der Waals surface area contributed by atoms with Gasteiger partial charge in [-0.1, -0.05) is 76.8 Å². The third kappa shape index (κ3) is 5.75. The molecule has 208 valence electrons. The molecule has 0 aliphatic carbocycles. The number of rotatable bonds is 13. The van der Waals surface area contributed by atoms with E-state index in [2.05, 4.69) is 19.1 Å². The summed E-state index contributed by atoms with van der Waals surface area (Å²) in [7, 11) is 0. The molecule has 4 aromatic rings.